The van der Waals surface area contributed by atoms with Gasteiger partial charge in [0.1, 0.15) is 0 Å². The van der Waals surface area contributed by atoms with E-state index in [1.807, 2.05) is 4.90 Å². The maximum Gasteiger partial charge on any atom is 0.389 e. The van der Waals surface area contributed by atoms with E-state index in [4.69, 9.17) is 4.74 Å². The van der Waals surface area contributed by atoms with Gasteiger partial charge in [0, 0.05) is 44.2 Å². The lowest BCUT2D eigenvalue weighted by Gasteiger charge is -2.35. The Morgan fingerprint density at radius 1 is 1.26 bits per heavy atom. The molecule has 0 unspecified atom stereocenters. The van der Waals surface area contributed by atoms with Crippen LogP contribution in [0.4, 0.5) is 17.6 Å². The fourth-order valence-electron chi connectivity index (χ4n) is 2.77. The summed E-state index contributed by atoms with van der Waals surface area (Å²) >= 11 is 0. The monoisotopic (exact) mass is 356 g/mol. The van der Waals surface area contributed by atoms with E-state index in [0.29, 0.717) is 26.2 Å². The van der Waals surface area contributed by atoms with Crippen LogP contribution in [0.15, 0.2) is 18.2 Å². The van der Waals surface area contributed by atoms with Crippen molar-refractivity contribution in [2.45, 2.75) is 25.1 Å². The van der Waals surface area contributed by atoms with Crippen molar-refractivity contribution in [2.24, 2.45) is 0 Å². The number of methoxy groups -OCH3 is 1. The zero-order valence-corrected chi connectivity index (χ0v) is 13.6. The number of halogens is 5. The SMILES string of the molecule is COc1cccc([C@H](CCC(F)(F)F)N2CCNCC2)c1F.Cl. The molecule has 1 aromatic rings. The van der Waals surface area contributed by atoms with E-state index in [1.165, 1.54) is 13.2 Å². The fourth-order valence-corrected chi connectivity index (χ4v) is 2.77. The predicted molar refractivity (Wildman–Crippen MR) is 82.7 cm³/mol. The molecule has 2 rings (SSSR count). The zero-order valence-electron chi connectivity index (χ0n) is 12.8. The van der Waals surface area contributed by atoms with Crippen LogP contribution >= 0.6 is 12.4 Å². The Balaban J connectivity index is 0.00000264. The van der Waals surface area contributed by atoms with Gasteiger partial charge in [0.25, 0.3) is 0 Å². The number of alkyl halides is 3. The van der Waals surface area contributed by atoms with Gasteiger partial charge in [-0.1, -0.05) is 12.1 Å². The van der Waals surface area contributed by atoms with Crippen LogP contribution in [0.1, 0.15) is 24.4 Å². The van der Waals surface area contributed by atoms with Crippen LogP contribution in [0, 0.1) is 5.82 Å². The molecule has 8 heteroatoms. The van der Waals surface area contributed by atoms with Crippen molar-refractivity contribution < 1.29 is 22.3 Å². The van der Waals surface area contributed by atoms with Gasteiger partial charge in [0.15, 0.2) is 11.6 Å². The van der Waals surface area contributed by atoms with Crippen LogP contribution in [0.2, 0.25) is 0 Å². The summed E-state index contributed by atoms with van der Waals surface area (Å²) in [5.41, 5.74) is 0.269. The van der Waals surface area contributed by atoms with Crippen LogP contribution in [0.25, 0.3) is 0 Å². The normalized spacial score (nSPS) is 17.4. The molecule has 0 aliphatic carbocycles. The lowest BCUT2D eigenvalue weighted by Crippen LogP contribution is -2.45. The summed E-state index contributed by atoms with van der Waals surface area (Å²) in [6.07, 6.45) is -5.34. The van der Waals surface area contributed by atoms with Gasteiger partial charge in [0.05, 0.1) is 7.11 Å². The molecule has 0 aromatic heterocycles. The molecule has 1 fully saturated rings. The van der Waals surface area contributed by atoms with Gasteiger partial charge in [-0.2, -0.15) is 13.2 Å². The molecule has 1 atom stereocenters. The van der Waals surface area contributed by atoms with Crippen molar-refractivity contribution in [3.63, 3.8) is 0 Å². The molecule has 23 heavy (non-hydrogen) atoms. The lowest BCUT2D eigenvalue weighted by molar-refractivity contribution is -0.138. The maximum absolute atomic E-state index is 14.4. The Labute approximate surface area is 139 Å². The van der Waals surface area contributed by atoms with E-state index in [1.54, 1.807) is 12.1 Å². The topological polar surface area (TPSA) is 24.5 Å². The molecule has 0 amide bonds. The largest absolute Gasteiger partial charge is 0.494 e. The van der Waals surface area contributed by atoms with E-state index in [-0.39, 0.29) is 30.1 Å². The quantitative estimate of drug-likeness (QED) is 0.817. The Kier molecular flexibility index (Phi) is 7.57. The Morgan fingerprint density at radius 3 is 2.48 bits per heavy atom. The van der Waals surface area contributed by atoms with Gasteiger partial charge in [-0.15, -0.1) is 12.4 Å². The molecule has 1 saturated heterocycles. The van der Waals surface area contributed by atoms with Crippen LogP contribution in [0.3, 0.4) is 0 Å². The second kappa shape index (κ2) is 8.70. The first-order valence-electron chi connectivity index (χ1n) is 7.26. The summed E-state index contributed by atoms with van der Waals surface area (Å²) in [4.78, 5) is 1.90. The molecule has 0 spiro atoms. The van der Waals surface area contributed by atoms with Gasteiger partial charge < -0.3 is 10.1 Å². The van der Waals surface area contributed by atoms with Crippen molar-refractivity contribution in [1.82, 2.24) is 10.2 Å². The fraction of sp³-hybridized carbons (Fsp3) is 0.600. The van der Waals surface area contributed by atoms with Crippen LogP contribution in [-0.4, -0.2) is 44.4 Å². The summed E-state index contributed by atoms with van der Waals surface area (Å²) in [6.45, 7) is 2.57. The van der Waals surface area contributed by atoms with E-state index in [2.05, 4.69) is 5.32 Å². The smallest absolute Gasteiger partial charge is 0.389 e. The number of hydrogen-bond acceptors (Lipinski definition) is 3. The van der Waals surface area contributed by atoms with Crippen molar-refractivity contribution >= 4 is 12.4 Å². The van der Waals surface area contributed by atoms with Gasteiger partial charge in [-0.05, 0) is 12.5 Å². The first kappa shape index (κ1) is 20.0. The molecular formula is C15H21ClF4N2O. The minimum Gasteiger partial charge on any atom is -0.494 e. The highest BCUT2D eigenvalue weighted by molar-refractivity contribution is 5.85. The molecule has 0 bridgehead atoms. The van der Waals surface area contributed by atoms with Crippen LogP contribution in [-0.2, 0) is 0 Å². The highest BCUT2D eigenvalue weighted by atomic mass is 35.5. The van der Waals surface area contributed by atoms with E-state index >= 15 is 0 Å². The third-order valence-electron chi connectivity index (χ3n) is 3.87. The van der Waals surface area contributed by atoms with Gasteiger partial charge in [0.2, 0.25) is 0 Å². The number of piperazine rings is 1. The Morgan fingerprint density at radius 2 is 1.91 bits per heavy atom. The number of nitrogens with one attached hydrogen (secondary N) is 1. The van der Waals surface area contributed by atoms with Crippen molar-refractivity contribution in [3.8, 4) is 5.75 Å². The highest BCUT2D eigenvalue weighted by Gasteiger charge is 2.32. The number of ether oxygens (including phenoxy) is 1. The molecule has 1 aliphatic heterocycles. The second-order valence-electron chi connectivity index (χ2n) is 5.32. The summed E-state index contributed by atoms with van der Waals surface area (Å²) in [5, 5.41) is 3.15. The van der Waals surface area contributed by atoms with Crippen molar-refractivity contribution in [1.29, 1.82) is 0 Å². The standard InChI is InChI=1S/C15H20F4N2O.ClH/c1-22-13-4-2-3-11(14(13)16)12(5-6-15(17,18)19)21-9-7-20-8-10-21;/h2-4,12,20H,5-10H2,1H3;1H/t12-;/m0./s1. The Bertz CT molecular complexity index is 493. The summed E-state index contributed by atoms with van der Waals surface area (Å²) in [6, 6.07) is 4.03. The average molecular weight is 357 g/mol. The maximum atomic E-state index is 14.4. The van der Waals surface area contributed by atoms with E-state index in [9.17, 15) is 17.6 Å². The molecule has 3 nitrogen and oxygen atoms in total. The molecule has 0 radical (unpaired) electrons. The minimum absolute atomic E-state index is 0. The minimum atomic E-state index is -4.25. The number of hydrogen-bond donors (Lipinski definition) is 1. The van der Waals surface area contributed by atoms with Crippen LogP contribution in [0.5, 0.6) is 5.75 Å². The number of nitrogens with zero attached hydrogens (tertiary/aromatic N) is 1. The lowest BCUT2D eigenvalue weighted by atomic mass is 9.98. The average Bonchev–Trinajstić information content (AvgIpc) is 2.49. The third kappa shape index (κ3) is 5.51. The molecule has 1 aromatic carbocycles. The first-order chi connectivity index (χ1) is 10.4. The van der Waals surface area contributed by atoms with Gasteiger partial charge >= 0.3 is 6.18 Å². The number of benzene rings is 1. The summed E-state index contributed by atoms with van der Waals surface area (Å²) in [5.74, 6) is -0.514. The van der Waals surface area contributed by atoms with Gasteiger partial charge in [-0.25, -0.2) is 4.39 Å². The van der Waals surface area contributed by atoms with Crippen molar-refractivity contribution in [3.05, 3.63) is 29.6 Å². The molecule has 132 valence electrons. The highest BCUT2D eigenvalue weighted by Crippen LogP contribution is 2.35. The summed E-state index contributed by atoms with van der Waals surface area (Å²) in [7, 11) is 1.34. The number of rotatable bonds is 5. The summed E-state index contributed by atoms with van der Waals surface area (Å²) < 4.78 is 57.2. The van der Waals surface area contributed by atoms with Crippen molar-refractivity contribution in [2.75, 3.05) is 33.3 Å². The molecular weight excluding hydrogens is 336 g/mol. The third-order valence-corrected chi connectivity index (χ3v) is 3.87. The van der Waals surface area contributed by atoms with Gasteiger partial charge in [-0.3, -0.25) is 4.90 Å². The Hall–Kier alpha value is -1.05. The van der Waals surface area contributed by atoms with E-state index in [0.717, 1.165) is 0 Å². The molecule has 1 aliphatic rings. The molecule has 1 N–H and O–H groups in total. The first-order valence-corrected chi connectivity index (χ1v) is 7.26. The van der Waals surface area contributed by atoms with Crippen LogP contribution < -0.4 is 10.1 Å². The molecule has 1 heterocycles. The zero-order chi connectivity index (χ0) is 16.2. The predicted octanol–water partition coefficient (Wildman–Crippen LogP) is 3.54. The van der Waals surface area contributed by atoms with E-state index < -0.39 is 24.5 Å². The molecule has 0 saturated carbocycles. The second-order valence-corrected chi connectivity index (χ2v) is 5.32.